The number of para-hydroxylation sites is 1. The molecule has 6 heteroatoms. The van der Waals surface area contributed by atoms with Crippen LogP contribution in [0.2, 0.25) is 0 Å². The molecule has 3 aromatic rings. The number of fused-ring (bicyclic) bond motifs is 1. The van der Waals surface area contributed by atoms with E-state index in [1.165, 1.54) is 19.2 Å². The van der Waals surface area contributed by atoms with E-state index in [9.17, 15) is 8.42 Å². The molecule has 0 fully saturated rings. The van der Waals surface area contributed by atoms with Gasteiger partial charge in [-0.1, -0.05) is 18.2 Å². The van der Waals surface area contributed by atoms with Crippen LogP contribution in [-0.2, 0) is 10.0 Å². The number of nitrogens with zero attached hydrogens (tertiary/aromatic N) is 1. The first kappa shape index (κ1) is 15.3. The zero-order valence-electron chi connectivity index (χ0n) is 12.8. The summed E-state index contributed by atoms with van der Waals surface area (Å²) in [6.07, 6.45) is 0. The second-order valence-electron chi connectivity index (χ2n) is 5.11. The number of aromatic nitrogens is 1. The third-order valence-electron chi connectivity index (χ3n) is 3.46. The molecule has 0 aliphatic carbocycles. The lowest BCUT2D eigenvalue weighted by Gasteiger charge is -2.12. The second kappa shape index (κ2) is 5.89. The first-order valence-corrected chi connectivity index (χ1v) is 8.51. The summed E-state index contributed by atoms with van der Waals surface area (Å²) in [6, 6.07) is 15.4. The van der Waals surface area contributed by atoms with Crippen LogP contribution >= 0.6 is 0 Å². The Hall–Kier alpha value is -2.60. The van der Waals surface area contributed by atoms with Gasteiger partial charge in [-0.2, -0.15) is 0 Å². The molecule has 0 saturated carbocycles. The summed E-state index contributed by atoms with van der Waals surface area (Å²) in [5, 5.41) is 0.759. The maximum atomic E-state index is 12.6. The molecule has 0 aliphatic rings. The van der Waals surface area contributed by atoms with Crippen molar-refractivity contribution in [2.45, 2.75) is 11.8 Å². The Bertz CT molecular complexity index is 951. The number of methoxy groups -OCH3 is 1. The first-order chi connectivity index (χ1) is 11.0. The molecule has 0 amide bonds. The molecule has 0 unspecified atom stereocenters. The molecule has 0 bridgehead atoms. The van der Waals surface area contributed by atoms with Crippen molar-refractivity contribution in [3.63, 3.8) is 0 Å². The van der Waals surface area contributed by atoms with Gasteiger partial charge in [0.1, 0.15) is 5.75 Å². The van der Waals surface area contributed by atoms with E-state index in [2.05, 4.69) is 9.71 Å². The lowest BCUT2D eigenvalue weighted by molar-refractivity contribution is 0.414. The highest BCUT2D eigenvalue weighted by Gasteiger charge is 2.16. The van der Waals surface area contributed by atoms with Crippen molar-refractivity contribution >= 4 is 26.6 Å². The van der Waals surface area contributed by atoms with Gasteiger partial charge in [-0.3, -0.25) is 9.71 Å². The third kappa shape index (κ3) is 3.12. The van der Waals surface area contributed by atoms with Gasteiger partial charge >= 0.3 is 0 Å². The molecule has 0 saturated heterocycles. The minimum atomic E-state index is -3.68. The number of sulfonamides is 1. The van der Waals surface area contributed by atoms with E-state index >= 15 is 0 Å². The summed E-state index contributed by atoms with van der Waals surface area (Å²) in [5.74, 6) is 0.606. The lowest BCUT2D eigenvalue weighted by Crippen LogP contribution is -2.13. The number of ether oxygens (including phenoxy) is 1. The molecular weight excluding hydrogens is 312 g/mol. The molecule has 0 spiro atoms. The molecule has 0 atom stereocenters. The van der Waals surface area contributed by atoms with Crippen LogP contribution in [0.5, 0.6) is 5.75 Å². The van der Waals surface area contributed by atoms with Crippen LogP contribution in [0, 0.1) is 6.92 Å². The molecule has 1 heterocycles. The van der Waals surface area contributed by atoms with E-state index < -0.39 is 10.0 Å². The van der Waals surface area contributed by atoms with Crippen LogP contribution in [0.4, 0.5) is 5.69 Å². The molecule has 0 aliphatic heterocycles. The van der Waals surface area contributed by atoms with Crippen LogP contribution < -0.4 is 9.46 Å². The number of nitrogens with one attached hydrogen (secondary N) is 1. The standard InChI is InChI=1S/C17H16N2O3S/c1-12-11-17(15-5-3-4-6-16(15)18-12)19-23(20,21)14-9-7-13(22-2)8-10-14/h3-11H,1-2H3,(H,18,19). The van der Waals surface area contributed by atoms with Crippen LogP contribution in [0.1, 0.15) is 5.69 Å². The van der Waals surface area contributed by atoms with Crippen molar-refractivity contribution < 1.29 is 13.2 Å². The fraction of sp³-hybridized carbons (Fsp3) is 0.118. The topological polar surface area (TPSA) is 68.3 Å². The van der Waals surface area contributed by atoms with E-state index in [0.29, 0.717) is 11.4 Å². The predicted octanol–water partition coefficient (Wildman–Crippen LogP) is 3.35. The Kier molecular flexibility index (Phi) is 3.92. The van der Waals surface area contributed by atoms with Gasteiger partial charge in [-0.05, 0) is 43.3 Å². The number of aryl methyl sites for hydroxylation is 1. The SMILES string of the molecule is COc1ccc(S(=O)(=O)Nc2cc(C)nc3ccccc23)cc1. The minimum absolute atomic E-state index is 0.178. The fourth-order valence-electron chi connectivity index (χ4n) is 2.35. The largest absolute Gasteiger partial charge is 0.497 e. The van der Waals surface area contributed by atoms with Crippen molar-refractivity contribution in [3.8, 4) is 5.75 Å². The highest BCUT2D eigenvalue weighted by molar-refractivity contribution is 7.92. The van der Waals surface area contributed by atoms with Crippen LogP contribution in [0.15, 0.2) is 59.5 Å². The van der Waals surface area contributed by atoms with E-state index in [1.807, 2.05) is 31.2 Å². The highest BCUT2D eigenvalue weighted by atomic mass is 32.2. The highest BCUT2D eigenvalue weighted by Crippen LogP contribution is 2.26. The Labute approximate surface area is 135 Å². The number of hydrogen-bond acceptors (Lipinski definition) is 4. The Morgan fingerprint density at radius 3 is 2.43 bits per heavy atom. The van der Waals surface area contributed by atoms with Gasteiger partial charge in [0.15, 0.2) is 0 Å². The Morgan fingerprint density at radius 1 is 1.04 bits per heavy atom. The van der Waals surface area contributed by atoms with Gasteiger partial charge in [-0.25, -0.2) is 8.42 Å². The van der Waals surface area contributed by atoms with Gasteiger partial charge in [0.05, 0.1) is 23.2 Å². The molecule has 2 aromatic carbocycles. The summed E-state index contributed by atoms with van der Waals surface area (Å²) in [5.41, 5.74) is 2.01. The third-order valence-corrected chi connectivity index (χ3v) is 4.84. The van der Waals surface area contributed by atoms with Gasteiger partial charge < -0.3 is 4.74 Å². The molecule has 1 N–H and O–H groups in total. The quantitative estimate of drug-likeness (QED) is 0.797. The summed E-state index contributed by atoms with van der Waals surface area (Å²) in [7, 11) is -2.14. The van der Waals surface area contributed by atoms with Crippen molar-refractivity contribution in [3.05, 3.63) is 60.3 Å². The number of anilines is 1. The van der Waals surface area contributed by atoms with Gasteiger partial charge in [0.25, 0.3) is 10.0 Å². The van der Waals surface area contributed by atoms with E-state index in [-0.39, 0.29) is 4.90 Å². The number of rotatable bonds is 4. The molecule has 3 rings (SSSR count). The van der Waals surface area contributed by atoms with Crippen LogP contribution in [0.25, 0.3) is 10.9 Å². The van der Waals surface area contributed by atoms with Crippen molar-refractivity contribution in [1.82, 2.24) is 4.98 Å². The summed E-state index contributed by atoms with van der Waals surface area (Å²) in [4.78, 5) is 4.59. The smallest absolute Gasteiger partial charge is 0.261 e. The summed E-state index contributed by atoms with van der Waals surface area (Å²) >= 11 is 0. The average molecular weight is 328 g/mol. The molecule has 23 heavy (non-hydrogen) atoms. The molecule has 118 valence electrons. The average Bonchev–Trinajstić information content (AvgIpc) is 2.54. The summed E-state index contributed by atoms with van der Waals surface area (Å²) < 4.78 is 32.9. The van der Waals surface area contributed by atoms with E-state index in [1.54, 1.807) is 18.2 Å². The van der Waals surface area contributed by atoms with Crippen molar-refractivity contribution in [1.29, 1.82) is 0 Å². The zero-order valence-corrected chi connectivity index (χ0v) is 13.6. The normalized spacial score (nSPS) is 11.4. The van der Waals surface area contributed by atoms with E-state index in [0.717, 1.165) is 16.6 Å². The number of pyridine rings is 1. The molecule has 5 nitrogen and oxygen atoms in total. The lowest BCUT2D eigenvalue weighted by atomic mass is 10.2. The summed E-state index contributed by atoms with van der Waals surface area (Å²) in [6.45, 7) is 1.83. The Balaban J connectivity index is 2.03. The van der Waals surface area contributed by atoms with Crippen LogP contribution in [-0.4, -0.2) is 20.5 Å². The first-order valence-electron chi connectivity index (χ1n) is 7.03. The second-order valence-corrected chi connectivity index (χ2v) is 6.79. The molecule has 1 aromatic heterocycles. The number of benzene rings is 2. The monoisotopic (exact) mass is 328 g/mol. The Morgan fingerprint density at radius 2 is 1.74 bits per heavy atom. The fourth-order valence-corrected chi connectivity index (χ4v) is 3.42. The molecule has 0 radical (unpaired) electrons. The minimum Gasteiger partial charge on any atom is -0.497 e. The maximum Gasteiger partial charge on any atom is 0.261 e. The zero-order chi connectivity index (χ0) is 16.4. The number of hydrogen-bond donors (Lipinski definition) is 1. The maximum absolute atomic E-state index is 12.6. The molecular formula is C17H16N2O3S. The van der Waals surface area contributed by atoms with E-state index in [4.69, 9.17) is 4.74 Å². The van der Waals surface area contributed by atoms with Gasteiger partial charge in [0, 0.05) is 11.1 Å². The van der Waals surface area contributed by atoms with Gasteiger partial charge in [-0.15, -0.1) is 0 Å². The van der Waals surface area contributed by atoms with Crippen molar-refractivity contribution in [2.75, 3.05) is 11.8 Å². The van der Waals surface area contributed by atoms with Crippen molar-refractivity contribution in [2.24, 2.45) is 0 Å². The van der Waals surface area contributed by atoms with Crippen LogP contribution in [0.3, 0.4) is 0 Å². The predicted molar refractivity (Wildman–Crippen MR) is 90.3 cm³/mol. The van der Waals surface area contributed by atoms with Gasteiger partial charge in [0.2, 0.25) is 0 Å².